The van der Waals surface area contributed by atoms with Crippen LogP contribution in [0.4, 0.5) is 11.4 Å². The van der Waals surface area contributed by atoms with Gasteiger partial charge in [0, 0.05) is 17.3 Å². The molecule has 0 aliphatic rings. The van der Waals surface area contributed by atoms with Gasteiger partial charge in [-0.25, -0.2) is 0 Å². The molecule has 0 aliphatic carbocycles. The zero-order valence-corrected chi connectivity index (χ0v) is 11.5. The average molecular weight is 248 g/mol. The smallest absolute Gasteiger partial charge is 0.273 e. The van der Waals surface area contributed by atoms with Crippen LogP contribution in [0.1, 0.15) is 11.1 Å². The van der Waals surface area contributed by atoms with Crippen LogP contribution in [-0.4, -0.2) is 13.0 Å². The quantitative estimate of drug-likeness (QED) is 0.273. The first kappa shape index (κ1) is 13.3. The van der Waals surface area contributed by atoms with E-state index in [2.05, 4.69) is 31.1 Å². The molecule has 1 aromatic carbocycles. The van der Waals surface area contributed by atoms with Crippen molar-refractivity contribution in [1.82, 2.24) is 0 Å². The summed E-state index contributed by atoms with van der Waals surface area (Å²) in [7, 11) is -1.51. The van der Waals surface area contributed by atoms with Gasteiger partial charge in [0.05, 0.1) is 10.5 Å². The number of nitrogens with two attached hydrogens (primary N) is 1. The molecule has 0 amide bonds. The molecule has 0 aliphatic heterocycles. The summed E-state index contributed by atoms with van der Waals surface area (Å²) in [4.78, 5) is 10.4. The highest BCUT2D eigenvalue weighted by Gasteiger charge is 2.14. The first-order valence-corrected chi connectivity index (χ1v) is 8.78. The van der Waals surface area contributed by atoms with E-state index in [1.165, 1.54) is 6.07 Å². The van der Waals surface area contributed by atoms with E-state index in [-0.39, 0.29) is 5.69 Å². The fourth-order valence-electron chi connectivity index (χ4n) is 1.28. The first-order valence-electron chi connectivity index (χ1n) is 5.28. The molecular formula is C12H16N2O2Si. The van der Waals surface area contributed by atoms with Gasteiger partial charge in [-0.2, -0.15) is 0 Å². The van der Waals surface area contributed by atoms with E-state index in [0.717, 1.165) is 0 Å². The summed E-state index contributed by atoms with van der Waals surface area (Å²) >= 11 is 0. The molecule has 0 saturated carbocycles. The lowest BCUT2D eigenvalue weighted by Crippen LogP contribution is -2.16. The highest BCUT2D eigenvalue weighted by atomic mass is 28.3. The van der Waals surface area contributed by atoms with Crippen LogP contribution in [0.15, 0.2) is 12.1 Å². The second-order valence-corrected chi connectivity index (χ2v) is 9.73. The van der Waals surface area contributed by atoms with Gasteiger partial charge < -0.3 is 5.73 Å². The van der Waals surface area contributed by atoms with E-state index < -0.39 is 13.0 Å². The first-order chi connectivity index (χ1) is 7.70. The van der Waals surface area contributed by atoms with Gasteiger partial charge in [-0.05, 0) is 13.0 Å². The number of nitro groups is 1. The SMILES string of the molecule is Cc1cc(N)c(C#C[Si](C)(C)C)cc1[N+](=O)[O-]. The fourth-order valence-corrected chi connectivity index (χ4v) is 1.79. The van der Waals surface area contributed by atoms with Crippen LogP contribution in [0.2, 0.25) is 19.6 Å². The molecule has 0 bridgehead atoms. The van der Waals surface area contributed by atoms with Gasteiger partial charge in [0.1, 0.15) is 8.07 Å². The molecule has 0 fully saturated rings. The molecule has 17 heavy (non-hydrogen) atoms. The summed E-state index contributed by atoms with van der Waals surface area (Å²) in [6.07, 6.45) is 0. The summed E-state index contributed by atoms with van der Waals surface area (Å²) in [5, 5.41) is 10.8. The van der Waals surface area contributed by atoms with E-state index in [1.807, 2.05) is 0 Å². The van der Waals surface area contributed by atoms with E-state index in [1.54, 1.807) is 13.0 Å². The topological polar surface area (TPSA) is 69.2 Å². The van der Waals surface area contributed by atoms with Gasteiger partial charge in [-0.15, -0.1) is 5.54 Å². The monoisotopic (exact) mass is 248 g/mol. The second kappa shape index (κ2) is 4.59. The molecule has 2 N–H and O–H groups in total. The molecule has 4 nitrogen and oxygen atoms in total. The minimum absolute atomic E-state index is 0.0686. The van der Waals surface area contributed by atoms with Crippen LogP contribution in [0.5, 0.6) is 0 Å². The van der Waals surface area contributed by atoms with E-state index in [0.29, 0.717) is 16.8 Å². The fraction of sp³-hybridized carbons (Fsp3) is 0.333. The van der Waals surface area contributed by atoms with Crippen molar-refractivity contribution in [3.63, 3.8) is 0 Å². The second-order valence-electron chi connectivity index (χ2n) is 4.98. The molecule has 0 radical (unpaired) electrons. The maximum Gasteiger partial charge on any atom is 0.273 e. The number of anilines is 1. The number of aryl methyl sites for hydroxylation is 1. The molecule has 0 aromatic heterocycles. The molecule has 5 heteroatoms. The number of nitrogens with zero attached hydrogens (tertiary/aromatic N) is 1. The molecular weight excluding hydrogens is 232 g/mol. The van der Waals surface area contributed by atoms with Gasteiger partial charge in [0.2, 0.25) is 0 Å². The van der Waals surface area contributed by atoms with Crippen molar-refractivity contribution in [2.24, 2.45) is 0 Å². The maximum atomic E-state index is 10.8. The van der Waals surface area contributed by atoms with Crippen LogP contribution in [0, 0.1) is 28.5 Å². The normalized spacial score (nSPS) is 10.6. The minimum atomic E-state index is -1.51. The Labute approximate surface area is 102 Å². The third-order valence-corrected chi connectivity index (χ3v) is 3.01. The largest absolute Gasteiger partial charge is 0.398 e. The number of hydrogen-bond donors (Lipinski definition) is 1. The van der Waals surface area contributed by atoms with Gasteiger partial charge in [0.15, 0.2) is 0 Å². The number of nitrogen functional groups attached to an aromatic ring is 1. The summed E-state index contributed by atoms with van der Waals surface area (Å²) in [5.74, 6) is 2.96. The van der Waals surface area contributed by atoms with Crippen molar-refractivity contribution in [3.8, 4) is 11.5 Å². The predicted molar refractivity (Wildman–Crippen MR) is 72.5 cm³/mol. The van der Waals surface area contributed by atoms with Crippen LogP contribution in [-0.2, 0) is 0 Å². The zero-order valence-electron chi connectivity index (χ0n) is 10.5. The number of nitro benzene ring substituents is 1. The lowest BCUT2D eigenvalue weighted by Gasteiger charge is -2.05. The van der Waals surface area contributed by atoms with Gasteiger partial charge in [-0.3, -0.25) is 10.1 Å². The molecule has 0 heterocycles. The highest BCUT2D eigenvalue weighted by molar-refractivity contribution is 6.83. The average Bonchev–Trinajstić information content (AvgIpc) is 2.14. The Morgan fingerprint density at radius 3 is 2.41 bits per heavy atom. The van der Waals surface area contributed by atoms with Crippen LogP contribution in [0.3, 0.4) is 0 Å². The molecule has 1 aromatic rings. The number of rotatable bonds is 1. The molecule has 0 spiro atoms. The predicted octanol–water partition coefficient (Wildman–Crippen LogP) is 2.71. The van der Waals surface area contributed by atoms with Crippen molar-refractivity contribution in [1.29, 1.82) is 0 Å². The zero-order chi connectivity index (χ0) is 13.2. The lowest BCUT2D eigenvalue weighted by molar-refractivity contribution is -0.385. The van der Waals surface area contributed by atoms with E-state index in [4.69, 9.17) is 5.73 Å². The Balaban J connectivity index is 3.29. The third kappa shape index (κ3) is 3.61. The standard InChI is InChI=1S/C12H16N2O2Si/c1-9-7-11(13)10(5-6-17(2,3)4)8-12(9)14(15)16/h7-8H,13H2,1-4H3. The molecule has 1 rings (SSSR count). The number of benzene rings is 1. The van der Waals surface area contributed by atoms with Gasteiger partial charge >= 0.3 is 0 Å². The Kier molecular flexibility index (Phi) is 3.58. The number of hydrogen-bond acceptors (Lipinski definition) is 3. The Morgan fingerprint density at radius 2 is 1.94 bits per heavy atom. The molecule has 0 atom stereocenters. The Hall–Kier alpha value is -1.80. The van der Waals surface area contributed by atoms with Crippen molar-refractivity contribution in [2.75, 3.05) is 5.73 Å². The Morgan fingerprint density at radius 1 is 1.35 bits per heavy atom. The van der Waals surface area contributed by atoms with Gasteiger partial charge in [-0.1, -0.05) is 25.6 Å². The Bertz CT molecular complexity index is 522. The molecule has 0 saturated heterocycles. The van der Waals surface area contributed by atoms with E-state index >= 15 is 0 Å². The van der Waals surface area contributed by atoms with Crippen LogP contribution >= 0.6 is 0 Å². The van der Waals surface area contributed by atoms with Gasteiger partial charge in [0.25, 0.3) is 5.69 Å². The molecule has 0 unspecified atom stereocenters. The highest BCUT2D eigenvalue weighted by Crippen LogP contribution is 2.24. The molecule has 90 valence electrons. The van der Waals surface area contributed by atoms with Crippen molar-refractivity contribution >= 4 is 19.4 Å². The summed E-state index contributed by atoms with van der Waals surface area (Å²) in [6.45, 7) is 8.00. The van der Waals surface area contributed by atoms with Crippen LogP contribution in [0.25, 0.3) is 0 Å². The lowest BCUT2D eigenvalue weighted by atomic mass is 10.1. The van der Waals surface area contributed by atoms with Crippen LogP contribution < -0.4 is 5.73 Å². The van der Waals surface area contributed by atoms with Crippen molar-refractivity contribution in [2.45, 2.75) is 26.6 Å². The minimum Gasteiger partial charge on any atom is -0.398 e. The summed E-state index contributed by atoms with van der Waals surface area (Å²) in [6, 6.07) is 3.06. The van der Waals surface area contributed by atoms with Crippen molar-refractivity contribution in [3.05, 3.63) is 33.4 Å². The third-order valence-electron chi connectivity index (χ3n) is 2.14. The summed E-state index contributed by atoms with van der Waals surface area (Å²) < 4.78 is 0. The van der Waals surface area contributed by atoms with E-state index in [9.17, 15) is 10.1 Å². The van der Waals surface area contributed by atoms with Crippen molar-refractivity contribution < 1.29 is 4.92 Å². The maximum absolute atomic E-state index is 10.8. The summed E-state index contributed by atoms with van der Waals surface area (Å²) in [5.41, 5.74) is 10.6.